The van der Waals surface area contributed by atoms with Crippen molar-refractivity contribution in [3.05, 3.63) is 28.9 Å². The number of thiazole rings is 1. The molecule has 0 aliphatic heterocycles. The van der Waals surface area contributed by atoms with Crippen LogP contribution in [0.5, 0.6) is 5.88 Å². The summed E-state index contributed by atoms with van der Waals surface area (Å²) in [6.07, 6.45) is 4.09. The van der Waals surface area contributed by atoms with E-state index in [4.69, 9.17) is 16.3 Å². The van der Waals surface area contributed by atoms with Crippen molar-refractivity contribution in [1.82, 2.24) is 9.97 Å². The van der Waals surface area contributed by atoms with E-state index in [0.717, 1.165) is 17.8 Å². The van der Waals surface area contributed by atoms with Crippen molar-refractivity contribution in [1.29, 1.82) is 0 Å². The maximum absolute atomic E-state index is 11.9. The molecule has 2 N–H and O–H groups in total. The van der Waals surface area contributed by atoms with Gasteiger partial charge in [-0.25, -0.2) is 14.8 Å². The Bertz CT molecular complexity index is 658. The maximum Gasteiger partial charge on any atom is 0.419 e. The molecule has 0 aromatic carbocycles. The van der Waals surface area contributed by atoms with Gasteiger partial charge in [0.05, 0.1) is 5.51 Å². The van der Waals surface area contributed by atoms with Crippen molar-refractivity contribution in [2.45, 2.75) is 31.7 Å². The number of ether oxygens (including phenoxy) is 1. The van der Waals surface area contributed by atoms with E-state index in [1.54, 1.807) is 23.7 Å². The molecule has 3 rings (SSSR count). The average Bonchev–Trinajstić information content (AvgIpc) is 3.12. The summed E-state index contributed by atoms with van der Waals surface area (Å²) in [5.41, 5.74) is 1.65. The van der Waals surface area contributed by atoms with Gasteiger partial charge in [0.2, 0.25) is 0 Å². The monoisotopic (exact) mass is 338 g/mol. The molecule has 2 heterocycles. The van der Waals surface area contributed by atoms with Crippen molar-refractivity contribution < 1.29 is 9.53 Å². The molecular weight excluding hydrogens is 324 g/mol. The van der Waals surface area contributed by atoms with Crippen LogP contribution in [0.3, 0.4) is 0 Å². The molecule has 8 heteroatoms. The Labute approximate surface area is 136 Å². The first-order valence-corrected chi connectivity index (χ1v) is 8.28. The molecule has 0 unspecified atom stereocenters. The number of anilines is 2. The topological polar surface area (TPSA) is 76.1 Å². The van der Waals surface area contributed by atoms with Gasteiger partial charge in [-0.3, -0.25) is 5.32 Å². The lowest BCUT2D eigenvalue weighted by atomic mass is 10.2. The van der Waals surface area contributed by atoms with E-state index in [-0.39, 0.29) is 5.88 Å². The molecule has 1 amide bonds. The van der Waals surface area contributed by atoms with Gasteiger partial charge in [-0.2, -0.15) is 0 Å². The van der Waals surface area contributed by atoms with Crippen LogP contribution in [0.1, 0.15) is 25.7 Å². The SMILES string of the molecule is O=C(Nc1cccc(Cl)n1)Oc1ncsc1NC1CCCC1. The van der Waals surface area contributed by atoms with Crippen molar-refractivity contribution in [2.75, 3.05) is 10.6 Å². The number of nitrogens with zero attached hydrogens (tertiary/aromatic N) is 2. The predicted octanol–water partition coefficient (Wildman–Crippen LogP) is 4.16. The van der Waals surface area contributed by atoms with Crippen molar-refractivity contribution in [3.63, 3.8) is 0 Å². The van der Waals surface area contributed by atoms with Crippen molar-refractivity contribution in [2.24, 2.45) is 0 Å². The summed E-state index contributed by atoms with van der Waals surface area (Å²) in [6.45, 7) is 0. The summed E-state index contributed by atoms with van der Waals surface area (Å²) in [5.74, 6) is 0.620. The van der Waals surface area contributed by atoms with Crippen LogP contribution >= 0.6 is 22.9 Å². The summed E-state index contributed by atoms with van der Waals surface area (Å²) >= 11 is 7.19. The summed E-state index contributed by atoms with van der Waals surface area (Å²) in [7, 11) is 0. The maximum atomic E-state index is 11.9. The molecule has 6 nitrogen and oxygen atoms in total. The Kier molecular flexibility index (Phi) is 4.74. The summed E-state index contributed by atoms with van der Waals surface area (Å²) in [5, 5.41) is 6.98. The number of hydrogen-bond donors (Lipinski definition) is 2. The molecule has 1 aliphatic carbocycles. The molecule has 2 aromatic rings. The van der Waals surface area contributed by atoms with Crippen LogP contribution in [0.2, 0.25) is 5.15 Å². The van der Waals surface area contributed by atoms with E-state index in [2.05, 4.69) is 20.6 Å². The number of nitrogens with one attached hydrogen (secondary N) is 2. The van der Waals surface area contributed by atoms with Crippen LogP contribution < -0.4 is 15.4 Å². The fourth-order valence-electron chi connectivity index (χ4n) is 2.36. The highest BCUT2D eigenvalue weighted by Crippen LogP contribution is 2.31. The van der Waals surface area contributed by atoms with Gasteiger partial charge in [-0.15, -0.1) is 11.3 Å². The Morgan fingerprint density at radius 2 is 2.18 bits per heavy atom. The Balaban J connectivity index is 1.60. The molecule has 0 bridgehead atoms. The van der Waals surface area contributed by atoms with Gasteiger partial charge >= 0.3 is 6.09 Å². The van der Waals surface area contributed by atoms with E-state index in [1.165, 1.54) is 24.2 Å². The summed E-state index contributed by atoms with van der Waals surface area (Å²) in [6, 6.07) is 5.38. The lowest BCUT2D eigenvalue weighted by Gasteiger charge is -2.12. The third-order valence-electron chi connectivity index (χ3n) is 3.36. The fraction of sp³-hybridized carbons (Fsp3) is 0.357. The number of halogens is 1. The van der Waals surface area contributed by atoms with Crippen LogP contribution in [0, 0.1) is 0 Å². The average molecular weight is 339 g/mol. The molecule has 116 valence electrons. The number of amides is 1. The number of pyridine rings is 1. The highest BCUT2D eigenvalue weighted by molar-refractivity contribution is 7.14. The zero-order valence-electron chi connectivity index (χ0n) is 11.7. The molecule has 1 fully saturated rings. The summed E-state index contributed by atoms with van der Waals surface area (Å²) < 4.78 is 5.24. The molecule has 0 atom stereocenters. The fourth-order valence-corrected chi connectivity index (χ4v) is 3.20. The minimum atomic E-state index is -0.643. The minimum Gasteiger partial charge on any atom is -0.388 e. The molecule has 1 aliphatic rings. The number of aromatic nitrogens is 2. The Morgan fingerprint density at radius 3 is 2.95 bits per heavy atom. The van der Waals surface area contributed by atoms with E-state index in [1.807, 2.05) is 0 Å². The normalized spacial score (nSPS) is 14.8. The minimum absolute atomic E-state index is 0.288. The Hall–Kier alpha value is -1.86. The van der Waals surface area contributed by atoms with Crippen LogP contribution in [0.25, 0.3) is 0 Å². The first kappa shape index (κ1) is 15.1. The second-order valence-electron chi connectivity index (χ2n) is 4.97. The van der Waals surface area contributed by atoms with Gasteiger partial charge < -0.3 is 10.1 Å². The van der Waals surface area contributed by atoms with Gasteiger partial charge in [-0.05, 0) is 25.0 Å². The molecule has 2 aromatic heterocycles. The van der Waals surface area contributed by atoms with Gasteiger partial charge in [0, 0.05) is 6.04 Å². The van der Waals surface area contributed by atoms with Crippen LogP contribution in [0.4, 0.5) is 15.6 Å². The third kappa shape index (κ3) is 3.86. The summed E-state index contributed by atoms with van der Waals surface area (Å²) in [4.78, 5) is 20.0. The quantitative estimate of drug-likeness (QED) is 0.819. The smallest absolute Gasteiger partial charge is 0.388 e. The Morgan fingerprint density at radius 1 is 1.36 bits per heavy atom. The van der Waals surface area contributed by atoms with Gasteiger partial charge in [0.25, 0.3) is 5.88 Å². The van der Waals surface area contributed by atoms with Crippen LogP contribution in [-0.4, -0.2) is 22.1 Å². The zero-order chi connectivity index (χ0) is 15.4. The van der Waals surface area contributed by atoms with Crippen LogP contribution in [-0.2, 0) is 0 Å². The molecule has 0 spiro atoms. The highest BCUT2D eigenvalue weighted by Gasteiger charge is 2.19. The first-order valence-electron chi connectivity index (χ1n) is 7.02. The van der Waals surface area contributed by atoms with E-state index in [9.17, 15) is 4.79 Å². The van der Waals surface area contributed by atoms with Crippen molar-refractivity contribution >= 4 is 39.8 Å². The molecular formula is C14H15ClN4O2S. The molecule has 22 heavy (non-hydrogen) atoms. The van der Waals surface area contributed by atoms with Gasteiger partial charge in [-0.1, -0.05) is 30.5 Å². The second-order valence-corrected chi connectivity index (χ2v) is 6.21. The highest BCUT2D eigenvalue weighted by atomic mass is 35.5. The van der Waals surface area contributed by atoms with E-state index in [0.29, 0.717) is 17.0 Å². The number of carbonyl (C=O) groups is 1. The molecule has 0 saturated heterocycles. The standard InChI is InChI=1S/C14H15ClN4O2S/c15-10-6-3-7-11(18-10)19-14(20)21-12-13(22-8-16-12)17-9-4-1-2-5-9/h3,6-9,17H,1-2,4-5H2,(H,18,19,20). The lowest BCUT2D eigenvalue weighted by molar-refractivity contribution is 0.213. The number of rotatable bonds is 4. The first-order chi connectivity index (χ1) is 10.7. The zero-order valence-corrected chi connectivity index (χ0v) is 13.3. The molecule has 1 saturated carbocycles. The van der Waals surface area contributed by atoms with Gasteiger partial charge in [0.1, 0.15) is 11.0 Å². The van der Waals surface area contributed by atoms with E-state index >= 15 is 0 Å². The van der Waals surface area contributed by atoms with E-state index < -0.39 is 6.09 Å². The predicted molar refractivity (Wildman–Crippen MR) is 86.9 cm³/mol. The van der Waals surface area contributed by atoms with Crippen molar-refractivity contribution in [3.8, 4) is 5.88 Å². The third-order valence-corrected chi connectivity index (χ3v) is 4.31. The largest absolute Gasteiger partial charge is 0.419 e. The van der Waals surface area contributed by atoms with Gasteiger partial charge in [0.15, 0.2) is 5.00 Å². The second kappa shape index (κ2) is 6.93. The number of hydrogen-bond acceptors (Lipinski definition) is 6. The molecule has 0 radical (unpaired) electrons. The number of carbonyl (C=O) groups excluding carboxylic acids is 1. The van der Waals surface area contributed by atoms with Crippen LogP contribution in [0.15, 0.2) is 23.7 Å². The lowest BCUT2D eigenvalue weighted by Crippen LogP contribution is -2.19.